The Morgan fingerprint density at radius 2 is 1.71 bits per heavy atom. The van der Waals surface area contributed by atoms with Gasteiger partial charge in [-0.1, -0.05) is 57.0 Å². The Morgan fingerprint density at radius 1 is 1.03 bits per heavy atom. The Kier molecular flexibility index (Phi) is 12.5. The van der Waals surface area contributed by atoms with Crippen LogP contribution in [-0.4, -0.2) is 67.2 Å². The van der Waals surface area contributed by atoms with E-state index < -0.39 is 0 Å². The van der Waals surface area contributed by atoms with Crippen molar-refractivity contribution in [2.75, 3.05) is 45.8 Å². The van der Waals surface area contributed by atoms with Crippen molar-refractivity contribution in [2.45, 2.75) is 86.5 Å². The van der Waals surface area contributed by atoms with Crippen molar-refractivity contribution in [3.05, 3.63) is 46.7 Å². The standard InChI is InChI=1S/C33H54N4O/c1-7-12-31(30-14-9-8-13-28(30)6)35-32(25(2)3)24-36-19-15-29(16-20-36)33(38)34-17-10-11-18-37-22-26(4)21-27(5)23-37/h8-9,13-14,26-27,29H,7,10-12,15-24H2,1-6H3,(H,34,38). The predicted octanol–water partition coefficient (Wildman–Crippen LogP) is 6.46. The van der Waals surface area contributed by atoms with Gasteiger partial charge in [0.25, 0.3) is 0 Å². The SMILES string of the molecule is CCCC(=NC(CN1CCC(C(=O)NCCCCN2CC(C)CC(C)C2)CC1)=C(C)C)c1ccccc1C. The molecule has 5 nitrogen and oxygen atoms in total. The zero-order chi connectivity index (χ0) is 27.5. The van der Waals surface area contributed by atoms with Crippen LogP contribution in [0.5, 0.6) is 0 Å². The minimum absolute atomic E-state index is 0.149. The first-order valence-corrected chi connectivity index (χ1v) is 15.3. The second-order valence-corrected chi connectivity index (χ2v) is 12.3. The number of hydrogen-bond acceptors (Lipinski definition) is 4. The van der Waals surface area contributed by atoms with Crippen LogP contribution in [0.25, 0.3) is 0 Å². The van der Waals surface area contributed by atoms with Gasteiger partial charge in [-0.3, -0.25) is 14.7 Å². The Bertz CT molecular complexity index is 930. The molecule has 2 saturated heterocycles. The Morgan fingerprint density at radius 3 is 2.34 bits per heavy atom. The molecule has 5 heteroatoms. The molecule has 0 aliphatic carbocycles. The third-order valence-electron chi connectivity index (χ3n) is 8.27. The maximum absolute atomic E-state index is 12.8. The topological polar surface area (TPSA) is 47.9 Å². The summed E-state index contributed by atoms with van der Waals surface area (Å²) in [4.78, 5) is 23.1. The molecular weight excluding hydrogens is 468 g/mol. The molecule has 2 fully saturated rings. The predicted molar refractivity (Wildman–Crippen MR) is 162 cm³/mol. The van der Waals surface area contributed by atoms with Gasteiger partial charge in [0, 0.05) is 37.8 Å². The molecule has 38 heavy (non-hydrogen) atoms. The van der Waals surface area contributed by atoms with Crippen LogP contribution in [0.2, 0.25) is 0 Å². The minimum Gasteiger partial charge on any atom is -0.356 e. The second kappa shape index (κ2) is 15.6. The van der Waals surface area contributed by atoms with Gasteiger partial charge in [0.05, 0.1) is 5.70 Å². The number of allylic oxidation sites excluding steroid dienone is 1. The van der Waals surface area contributed by atoms with Gasteiger partial charge in [-0.25, -0.2) is 0 Å². The average molecular weight is 523 g/mol. The molecule has 2 heterocycles. The molecule has 1 aromatic rings. The summed E-state index contributed by atoms with van der Waals surface area (Å²) in [5, 5.41) is 3.24. The number of hydrogen-bond donors (Lipinski definition) is 1. The number of benzene rings is 1. The summed E-state index contributed by atoms with van der Waals surface area (Å²) < 4.78 is 0. The summed E-state index contributed by atoms with van der Waals surface area (Å²) in [5.41, 5.74) is 6.21. The fraction of sp³-hybridized carbons (Fsp3) is 0.697. The molecule has 212 valence electrons. The zero-order valence-electron chi connectivity index (χ0n) is 25.2. The van der Waals surface area contributed by atoms with Crippen LogP contribution in [0.3, 0.4) is 0 Å². The van der Waals surface area contributed by atoms with E-state index in [1.807, 2.05) is 0 Å². The molecule has 2 aliphatic heterocycles. The largest absolute Gasteiger partial charge is 0.356 e. The molecule has 0 bridgehead atoms. The molecule has 2 unspecified atom stereocenters. The van der Waals surface area contributed by atoms with E-state index in [1.165, 1.54) is 60.6 Å². The lowest BCUT2D eigenvalue weighted by molar-refractivity contribution is -0.126. The molecule has 1 aromatic carbocycles. The minimum atomic E-state index is 0.149. The van der Waals surface area contributed by atoms with E-state index in [4.69, 9.17) is 4.99 Å². The Balaban J connectivity index is 1.42. The highest BCUT2D eigenvalue weighted by molar-refractivity contribution is 6.02. The molecule has 3 rings (SSSR count). The monoisotopic (exact) mass is 522 g/mol. The molecule has 0 saturated carbocycles. The van der Waals surface area contributed by atoms with Crippen molar-refractivity contribution in [1.82, 2.24) is 15.1 Å². The maximum atomic E-state index is 12.8. The van der Waals surface area contributed by atoms with Crippen LogP contribution < -0.4 is 5.32 Å². The Hall–Kier alpha value is -1.98. The first-order chi connectivity index (χ1) is 18.3. The van der Waals surface area contributed by atoms with Crippen molar-refractivity contribution in [2.24, 2.45) is 22.7 Å². The fourth-order valence-electron chi connectivity index (χ4n) is 6.21. The first-order valence-electron chi connectivity index (χ1n) is 15.3. The summed E-state index contributed by atoms with van der Waals surface area (Å²) in [6.07, 6.45) is 7.56. The van der Waals surface area contributed by atoms with E-state index in [0.29, 0.717) is 0 Å². The quantitative estimate of drug-likeness (QED) is 0.253. The van der Waals surface area contributed by atoms with Gasteiger partial charge in [-0.15, -0.1) is 0 Å². The maximum Gasteiger partial charge on any atom is 0.223 e. The van der Waals surface area contributed by atoms with E-state index in [-0.39, 0.29) is 11.8 Å². The number of likely N-dealkylation sites (tertiary alicyclic amines) is 2. The van der Waals surface area contributed by atoms with Gasteiger partial charge < -0.3 is 10.2 Å². The summed E-state index contributed by atoms with van der Waals surface area (Å²) in [6, 6.07) is 8.58. The first kappa shape index (κ1) is 30.6. The van der Waals surface area contributed by atoms with Gasteiger partial charge in [-0.05, 0) is 102 Å². The smallest absolute Gasteiger partial charge is 0.223 e. The van der Waals surface area contributed by atoms with Crippen LogP contribution in [-0.2, 0) is 4.79 Å². The average Bonchev–Trinajstić information content (AvgIpc) is 2.87. The van der Waals surface area contributed by atoms with Crippen LogP contribution in [0.15, 0.2) is 40.5 Å². The summed E-state index contributed by atoms with van der Waals surface area (Å²) in [5.74, 6) is 2.04. The van der Waals surface area contributed by atoms with Crippen molar-refractivity contribution in [3.63, 3.8) is 0 Å². The van der Waals surface area contributed by atoms with Gasteiger partial charge in [0.2, 0.25) is 5.91 Å². The highest BCUT2D eigenvalue weighted by Gasteiger charge is 2.25. The number of nitrogens with one attached hydrogen (secondary N) is 1. The van der Waals surface area contributed by atoms with Gasteiger partial charge in [0.15, 0.2) is 0 Å². The van der Waals surface area contributed by atoms with Gasteiger partial charge >= 0.3 is 0 Å². The molecule has 0 radical (unpaired) electrons. The number of nitrogens with zero attached hydrogens (tertiary/aromatic N) is 3. The third-order valence-corrected chi connectivity index (χ3v) is 8.27. The molecule has 0 aromatic heterocycles. The van der Waals surface area contributed by atoms with E-state index in [9.17, 15) is 4.79 Å². The van der Waals surface area contributed by atoms with E-state index in [0.717, 1.165) is 70.1 Å². The van der Waals surface area contributed by atoms with Gasteiger partial charge in [0.1, 0.15) is 0 Å². The number of piperidine rings is 2. The molecule has 2 atom stereocenters. The summed E-state index contributed by atoms with van der Waals surface area (Å²) in [7, 11) is 0. The lowest BCUT2D eigenvalue weighted by Gasteiger charge is -2.35. The molecule has 1 N–H and O–H groups in total. The second-order valence-electron chi connectivity index (χ2n) is 12.3. The molecule has 1 amide bonds. The van der Waals surface area contributed by atoms with Crippen LogP contribution >= 0.6 is 0 Å². The van der Waals surface area contributed by atoms with Crippen LogP contribution in [0.1, 0.15) is 90.7 Å². The number of amides is 1. The fourth-order valence-corrected chi connectivity index (χ4v) is 6.21. The lowest BCUT2D eigenvalue weighted by Crippen LogP contribution is -2.41. The van der Waals surface area contributed by atoms with E-state index in [2.05, 4.69) is 80.9 Å². The van der Waals surface area contributed by atoms with E-state index in [1.54, 1.807) is 0 Å². The molecular formula is C33H54N4O. The third kappa shape index (κ3) is 9.64. The summed E-state index contributed by atoms with van der Waals surface area (Å²) in [6.45, 7) is 20.7. The molecule has 0 spiro atoms. The van der Waals surface area contributed by atoms with Crippen LogP contribution in [0.4, 0.5) is 0 Å². The number of carbonyl (C=O) groups excluding carboxylic acids is 1. The normalized spacial score (nSPS) is 21.9. The number of aryl methyl sites for hydroxylation is 1. The zero-order valence-corrected chi connectivity index (χ0v) is 25.2. The van der Waals surface area contributed by atoms with Crippen molar-refractivity contribution in [3.8, 4) is 0 Å². The van der Waals surface area contributed by atoms with E-state index >= 15 is 0 Å². The number of unbranched alkanes of at least 4 members (excludes halogenated alkanes) is 1. The number of aliphatic imine (C=N–C) groups is 1. The Labute approximate surface area is 233 Å². The highest BCUT2D eigenvalue weighted by atomic mass is 16.1. The van der Waals surface area contributed by atoms with Gasteiger partial charge in [-0.2, -0.15) is 0 Å². The molecule has 2 aliphatic rings. The summed E-state index contributed by atoms with van der Waals surface area (Å²) >= 11 is 0. The number of carbonyl (C=O) groups is 1. The van der Waals surface area contributed by atoms with Crippen molar-refractivity contribution >= 4 is 11.6 Å². The number of rotatable bonds is 12. The van der Waals surface area contributed by atoms with Crippen molar-refractivity contribution in [1.29, 1.82) is 0 Å². The highest BCUT2D eigenvalue weighted by Crippen LogP contribution is 2.22. The van der Waals surface area contributed by atoms with Crippen LogP contribution in [0, 0.1) is 24.7 Å². The van der Waals surface area contributed by atoms with Crippen molar-refractivity contribution < 1.29 is 4.79 Å². The lowest BCUT2D eigenvalue weighted by atomic mass is 9.92.